The first-order chi connectivity index (χ1) is 8.10. The first kappa shape index (κ1) is 11.9. The molecular weight excluding hydrogens is 216 g/mol. The summed E-state index contributed by atoms with van der Waals surface area (Å²) >= 11 is 0. The molecule has 0 radical (unpaired) electrons. The summed E-state index contributed by atoms with van der Waals surface area (Å²) < 4.78 is 10.8. The van der Waals surface area contributed by atoms with Gasteiger partial charge < -0.3 is 9.15 Å². The van der Waals surface area contributed by atoms with Gasteiger partial charge in [-0.3, -0.25) is 4.79 Å². The van der Waals surface area contributed by atoms with Crippen LogP contribution in [0, 0.1) is 0 Å². The van der Waals surface area contributed by atoms with Gasteiger partial charge in [0.2, 0.25) is 5.78 Å². The molecule has 2 aromatic rings. The molecule has 1 unspecified atom stereocenters. The highest BCUT2D eigenvalue weighted by molar-refractivity contribution is 6.02. The van der Waals surface area contributed by atoms with Gasteiger partial charge in [0.15, 0.2) is 5.76 Å². The second-order valence-electron chi connectivity index (χ2n) is 4.27. The molecule has 0 aliphatic carbocycles. The van der Waals surface area contributed by atoms with Crippen molar-refractivity contribution in [3.05, 3.63) is 36.1 Å². The van der Waals surface area contributed by atoms with Gasteiger partial charge in [0, 0.05) is 12.5 Å². The summed E-state index contributed by atoms with van der Waals surface area (Å²) in [5, 5.41) is 0.936. The van der Waals surface area contributed by atoms with Gasteiger partial charge in [-0.2, -0.15) is 0 Å². The van der Waals surface area contributed by atoms with Crippen LogP contribution in [0.1, 0.15) is 30.8 Å². The lowest BCUT2D eigenvalue weighted by Crippen LogP contribution is -2.36. The molecule has 17 heavy (non-hydrogen) atoms. The highest BCUT2D eigenvalue weighted by atomic mass is 16.5. The number of methoxy groups -OCH3 is 1. The molecule has 2 rings (SSSR count). The number of carbonyl (C=O) groups excluding carboxylic acids is 1. The number of hydrogen-bond donors (Lipinski definition) is 0. The number of benzene rings is 1. The summed E-state index contributed by atoms with van der Waals surface area (Å²) in [6.45, 7) is 3.70. The van der Waals surface area contributed by atoms with E-state index in [0.717, 1.165) is 11.0 Å². The quantitative estimate of drug-likeness (QED) is 0.758. The first-order valence-electron chi connectivity index (χ1n) is 5.69. The van der Waals surface area contributed by atoms with Crippen LogP contribution in [0.3, 0.4) is 0 Å². The maximum atomic E-state index is 12.3. The molecule has 0 bridgehead atoms. The Bertz CT molecular complexity index is 502. The molecular formula is C14H16O3. The van der Waals surface area contributed by atoms with Gasteiger partial charge >= 0.3 is 0 Å². The molecule has 1 heterocycles. The SMILES string of the molecule is CCC(C)(OC)C(=O)c1cc2ccccc2o1. The van der Waals surface area contributed by atoms with Crippen molar-refractivity contribution in [3.63, 3.8) is 0 Å². The smallest absolute Gasteiger partial charge is 0.229 e. The summed E-state index contributed by atoms with van der Waals surface area (Å²) in [4.78, 5) is 12.3. The number of carbonyl (C=O) groups is 1. The van der Waals surface area contributed by atoms with Crippen molar-refractivity contribution in [2.75, 3.05) is 7.11 Å². The predicted molar refractivity (Wildman–Crippen MR) is 66.2 cm³/mol. The van der Waals surface area contributed by atoms with Crippen molar-refractivity contribution in [3.8, 4) is 0 Å². The third-order valence-corrected chi connectivity index (χ3v) is 3.25. The van der Waals surface area contributed by atoms with E-state index in [4.69, 9.17) is 9.15 Å². The maximum absolute atomic E-state index is 12.3. The van der Waals surface area contributed by atoms with Gasteiger partial charge in [0.1, 0.15) is 11.2 Å². The van der Waals surface area contributed by atoms with Gasteiger partial charge in [0.05, 0.1) is 0 Å². The van der Waals surface area contributed by atoms with E-state index in [1.165, 1.54) is 0 Å². The molecule has 0 saturated heterocycles. The van der Waals surface area contributed by atoms with Crippen LogP contribution >= 0.6 is 0 Å². The zero-order chi connectivity index (χ0) is 12.5. The van der Waals surface area contributed by atoms with Crippen LogP contribution in [0.2, 0.25) is 0 Å². The molecule has 0 saturated carbocycles. The summed E-state index contributed by atoms with van der Waals surface area (Å²) in [6.07, 6.45) is 0.610. The normalized spacial score (nSPS) is 14.8. The van der Waals surface area contributed by atoms with Crippen molar-refractivity contribution in [2.45, 2.75) is 25.9 Å². The van der Waals surface area contributed by atoms with Crippen LogP contribution in [-0.2, 0) is 4.74 Å². The lowest BCUT2D eigenvalue weighted by Gasteiger charge is -2.23. The third-order valence-electron chi connectivity index (χ3n) is 3.25. The summed E-state index contributed by atoms with van der Waals surface area (Å²) in [7, 11) is 1.55. The van der Waals surface area contributed by atoms with Gasteiger partial charge in [-0.1, -0.05) is 25.1 Å². The summed E-state index contributed by atoms with van der Waals surface area (Å²) in [5.74, 6) is 0.246. The molecule has 0 amide bonds. The number of hydrogen-bond acceptors (Lipinski definition) is 3. The number of fused-ring (bicyclic) bond motifs is 1. The molecule has 3 nitrogen and oxygen atoms in total. The molecule has 90 valence electrons. The fraction of sp³-hybridized carbons (Fsp3) is 0.357. The van der Waals surface area contributed by atoms with Crippen molar-refractivity contribution in [2.24, 2.45) is 0 Å². The lowest BCUT2D eigenvalue weighted by molar-refractivity contribution is 0.00855. The molecule has 3 heteroatoms. The molecule has 0 aliphatic heterocycles. The fourth-order valence-corrected chi connectivity index (χ4v) is 1.75. The van der Waals surface area contributed by atoms with E-state index in [-0.39, 0.29) is 5.78 Å². The van der Waals surface area contributed by atoms with Crippen LogP contribution in [0.15, 0.2) is 34.7 Å². The molecule has 0 N–H and O–H groups in total. The lowest BCUT2D eigenvalue weighted by atomic mass is 9.95. The van der Waals surface area contributed by atoms with Crippen molar-refractivity contribution >= 4 is 16.8 Å². The van der Waals surface area contributed by atoms with Crippen LogP contribution < -0.4 is 0 Å². The minimum atomic E-state index is -0.812. The summed E-state index contributed by atoms with van der Waals surface area (Å²) in [6, 6.07) is 9.34. The number of Topliss-reactive ketones (excluding diaryl/α,β-unsaturated/α-hetero) is 1. The topological polar surface area (TPSA) is 39.4 Å². The van der Waals surface area contributed by atoms with Crippen molar-refractivity contribution < 1.29 is 13.9 Å². The minimum absolute atomic E-state index is 0.112. The largest absolute Gasteiger partial charge is 0.453 e. The minimum Gasteiger partial charge on any atom is -0.453 e. The van der Waals surface area contributed by atoms with Crippen LogP contribution in [0.25, 0.3) is 11.0 Å². The average molecular weight is 232 g/mol. The molecule has 0 fully saturated rings. The second-order valence-corrected chi connectivity index (χ2v) is 4.27. The monoisotopic (exact) mass is 232 g/mol. The Morgan fingerprint density at radius 1 is 1.41 bits per heavy atom. The van der Waals surface area contributed by atoms with E-state index >= 15 is 0 Å². The Balaban J connectivity index is 2.43. The highest BCUT2D eigenvalue weighted by Gasteiger charge is 2.34. The first-order valence-corrected chi connectivity index (χ1v) is 5.69. The predicted octanol–water partition coefficient (Wildman–Crippen LogP) is 3.43. The van der Waals surface area contributed by atoms with Crippen molar-refractivity contribution in [1.29, 1.82) is 0 Å². The molecule has 1 aromatic heterocycles. The fourth-order valence-electron chi connectivity index (χ4n) is 1.75. The van der Waals surface area contributed by atoms with Gasteiger partial charge in [0.25, 0.3) is 0 Å². The molecule has 1 atom stereocenters. The molecule has 1 aromatic carbocycles. The van der Waals surface area contributed by atoms with Crippen LogP contribution in [0.5, 0.6) is 0 Å². The van der Waals surface area contributed by atoms with Gasteiger partial charge in [-0.25, -0.2) is 0 Å². The number of rotatable bonds is 4. The zero-order valence-electron chi connectivity index (χ0n) is 10.3. The Morgan fingerprint density at radius 2 is 2.12 bits per heavy atom. The standard InChI is InChI=1S/C14H16O3/c1-4-14(2,16-3)13(15)12-9-10-7-5-6-8-11(10)17-12/h5-9H,4H2,1-3H3. The van der Waals surface area contributed by atoms with Gasteiger partial charge in [-0.05, 0) is 25.5 Å². The summed E-state index contributed by atoms with van der Waals surface area (Å²) in [5.41, 5.74) is -0.0844. The number of ether oxygens (including phenoxy) is 1. The third kappa shape index (κ3) is 1.98. The Labute approximate surface area is 100 Å². The van der Waals surface area contributed by atoms with E-state index < -0.39 is 5.60 Å². The Morgan fingerprint density at radius 3 is 2.71 bits per heavy atom. The van der Waals surface area contributed by atoms with E-state index in [1.54, 1.807) is 20.1 Å². The number of furan rings is 1. The van der Waals surface area contributed by atoms with Crippen molar-refractivity contribution in [1.82, 2.24) is 0 Å². The van der Waals surface area contributed by atoms with Crippen LogP contribution in [0.4, 0.5) is 0 Å². The Hall–Kier alpha value is -1.61. The average Bonchev–Trinajstić information content (AvgIpc) is 2.80. The molecule has 0 aliphatic rings. The highest BCUT2D eigenvalue weighted by Crippen LogP contribution is 2.25. The van der Waals surface area contributed by atoms with Gasteiger partial charge in [-0.15, -0.1) is 0 Å². The van der Waals surface area contributed by atoms with E-state index in [1.807, 2.05) is 31.2 Å². The molecule has 0 spiro atoms. The van der Waals surface area contributed by atoms with E-state index in [2.05, 4.69) is 0 Å². The number of ketones is 1. The maximum Gasteiger partial charge on any atom is 0.229 e. The van der Waals surface area contributed by atoms with E-state index in [0.29, 0.717) is 12.2 Å². The van der Waals surface area contributed by atoms with E-state index in [9.17, 15) is 4.79 Å². The Kier molecular flexibility index (Phi) is 3.03. The second kappa shape index (κ2) is 4.34. The van der Waals surface area contributed by atoms with Crippen LogP contribution in [-0.4, -0.2) is 18.5 Å². The zero-order valence-corrected chi connectivity index (χ0v) is 10.3. The number of para-hydroxylation sites is 1.